The quantitative estimate of drug-likeness (QED) is 0.570. The van der Waals surface area contributed by atoms with Gasteiger partial charge in [0, 0.05) is 20.2 Å². The van der Waals surface area contributed by atoms with Crippen LogP contribution in [0.4, 0.5) is 15.3 Å². The summed E-state index contributed by atoms with van der Waals surface area (Å²) in [4.78, 5) is 51.1. The summed E-state index contributed by atoms with van der Waals surface area (Å²) in [6, 6.07) is 3.30. The number of aliphatic carboxylic acids is 1. The monoisotopic (exact) mass is 516 g/mol. The largest absolute Gasteiger partial charge is 0.481 e. The average Bonchev–Trinajstić information content (AvgIpc) is 2.65. The van der Waals surface area contributed by atoms with Crippen LogP contribution >= 0.6 is 0 Å². The maximum absolute atomic E-state index is 11.8. The van der Waals surface area contributed by atoms with Gasteiger partial charge in [0.1, 0.15) is 24.3 Å². The van der Waals surface area contributed by atoms with Crippen molar-refractivity contribution in [3.8, 4) is 5.88 Å². The Morgan fingerprint density at radius 2 is 1.33 bits per heavy atom. The molecule has 0 bridgehead atoms. The highest BCUT2D eigenvalue weighted by Gasteiger charge is 2.22. The number of likely N-dealkylation sites (N-methyl/N-ethyl adjacent to an activating group) is 2. The molecule has 0 aliphatic rings. The second-order valence-corrected chi connectivity index (χ2v) is 9.20. The van der Waals surface area contributed by atoms with Crippen molar-refractivity contribution in [3.05, 3.63) is 18.3 Å². The van der Waals surface area contributed by atoms with E-state index in [2.05, 4.69) is 10.3 Å². The third-order valence-electron chi connectivity index (χ3n) is 3.39. The smallest absolute Gasteiger partial charge is 0.410 e. The number of pyridine rings is 1. The van der Waals surface area contributed by atoms with Gasteiger partial charge in [-0.15, -0.1) is 0 Å². The van der Waals surface area contributed by atoms with E-state index in [1.165, 1.54) is 32.3 Å². The lowest BCUT2D eigenvalue weighted by Gasteiger charge is -2.24. The minimum absolute atomic E-state index is 0. The summed E-state index contributed by atoms with van der Waals surface area (Å²) in [5, 5.41) is 11.0. The number of ether oxygens (including phenoxy) is 3. The standard InChI is InChI=1S/C14H21N3O4.C8H15NO4.2CH4/c1-14(2,3)21-13(19)17(4)9-11(18)16-10-6-7-12(20-5)15-8-10;1-8(2,3)13-7(12)9(4)5-6(10)11;;/h6-8H,9H2,1-5H3,(H,16,18);5H2,1-4H3,(H,10,11);2*1H4. The summed E-state index contributed by atoms with van der Waals surface area (Å²) in [6.45, 7) is 10.00. The summed E-state index contributed by atoms with van der Waals surface area (Å²) in [5.41, 5.74) is -0.663. The fourth-order valence-electron chi connectivity index (χ4n) is 2.00. The Bertz CT molecular complexity index is 830. The lowest BCUT2D eigenvalue weighted by Crippen LogP contribution is -2.38. The molecule has 2 N–H and O–H groups in total. The van der Waals surface area contributed by atoms with E-state index < -0.39 is 29.4 Å². The number of carbonyl (C=O) groups is 4. The molecule has 12 heteroatoms. The van der Waals surface area contributed by atoms with Crippen LogP contribution in [0, 0.1) is 0 Å². The van der Waals surface area contributed by atoms with E-state index in [9.17, 15) is 19.2 Å². The number of rotatable bonds is 6. The second kappa shape index (κ2) is 16.2. The first-order valence-corrected chi connectivity index (χ1v) is 10.3. The summed E-state index contributed by atoms with van der Waals surface area (Å²) >= 11 is 0. The van der Waals surface area contributed by atoms with Gasteiger partial charge in [-0.25, -0.2) is 14.6 Å². The minimum Gasteiger partial charge on any atom is -0.481 e. The molecule has 0 fully saturated rings. The molecular formula is C24H44N4O8. The molecule has 0 aromatic carbocycles. The van der Waals surface area contributed by atoms with Crippen molar-refractivity contribution in [2.75, 3.05) is 39.6 Å². The van der Waals surface area contributed by atoms with Gasteiger partial charge >= 0.3 is 18.2 Å². The number of carboxylic acid groups (broad SMARTS) is 1. The average molecular weight is 517 g/mol. The number of amides is 3. The highest BCUT2D eigenvalue weighted by Crippen LogP contribution is 2.12. The van der Waals surface area contributed by atoms with Crippen molar-refractivity contribution >= 4 is 29.8 Å². The van der Waals surface area contributed by atoms with Gasteiger partial charge in [0.15, 0.2) is 0 Å². The van der Waals surface area contributed by atoms with Gasteiger partial charge in [0.05, 0.1) is 19.0 Å². The van der Waals surface area contributed by atoms with Crippen LogP contribution in [0.1, 0.15) is 56.4 Å². The molecule has 36 heavy (non-hydrogen) atoms. The van der Waals surface area contributed by atoms with E-state index in [0.717, 1.165) is 4.90 Å². The predicted octanol–water partition coefficient (Wildman–Crippen LogP) is 4.11. The number of nitrogens with one attached hydrogen (secondary N) is 1. The Kier molecular flexibility index (Phi) is 16.6. The SMILES string of the molecule is C.C.CN(CC(=O)O)C(=O)OC(C)(C)C.COc1ccc(NC(=O)CN(C)C(=O)OC(C)(C)C)cn1. The van der Waals surface area contributed by atoms with Crippen molar-refractivity contribution in [2.24, 2.45) is 0 Å². The van der Waals surface area contributed by atoms with E-state index in [4.69, 9.17) is 19.3 Å². The molecule has 0 spiro atoms. The number of carboxylic acids is 1. The van der Waals surface area contributed by atoms with Crippen LogP contribution < -0.4 is 10.1 Å². The highest BCUT2D eigenvalue weighted by molar-refractivity contribution is 5.93. The fraction of sp³-hybridized carbons (Fsp3) is 0.625. The molecule has 1 rings (SSSR count). The van der Waals surface area contributed by atoms with E-state index in [0.29, 0.717) is 11.6 Å². The molecule has 0 saturated carbocycles. The molecule has 1 heterocycles. The molecule has 0 atom stereocenters. The zero-order chi connectivity index (χ0) is 26.7. The summed E-state index contributed by atoms with van der Waals surface area (Å²) in [7, 11) is 4.39. The fourth-order valence-corrected chi connectivity index (χ4v) is 2.00. The Balaban J connectivity index is -0.000000634. The van der Waals surface area contributed by atoms with Crippen molar-refractivity contribution < 1.29 is 38.5 Å². The molecule has 0 aliphatic heterocycles. The van der Waals surface area contributed by atoms with E-state index >= 15 is 0 Å². The zero-order valence-corrected chi connectivity index (χ0v) is 21.3. The van der Waals surface area contributed by atoms with Gasteiger partial charge in [-0.3, -0.25) is 9.59 Å². The number of methoxy groups -OCH3 is 1. The molecule has 1 aromatic heterocycles. The van der Waals surface area contributed by atoms with E-state index in [-0.39, 0.29) is 33.8 Å². The molecular weight excluding hydrogens is 472 g/mol. The lowest BCUT2D eigenvalue weighted by atomic mass is 10.2. The number of anilines is 1. The Morgan fingerprint density at radius 3 is 1.67 bits per heavy atom. The van der Waals surface area contributed by atoms with Gasteiger partial charge in [0.2, 0.25) is 11.8 Å². The van der Waals surface area contributed by atoms with Gasteiger partial charge in [-0.05, 0) is 47.6 Å². The second-order valence-electron chi connectivity index (χ2n) is 9.20. The van der Waals surface area contributed by atoms with Gasteiger partial charge in [-0.1, -0.05) is 14.9 Å². The molecule has 208 valence electrons. The highest BCUT2D eigenvalue weighted by atomic mass is 16.6. The molecule has 0 radical (unpaired) electrons. The van der Waals surface area contributed by atoms with Crippen LogP contribution in [0.2, 0.25) is 0 Å². The summed E-state index contributed by atoms with van der Waals surface area (Å²) in [5.74, 6) is -0.942. The maximum Gasteiger partial charge on any atom is 0.410 e. The predicted molar refractivity (Wildman–Crippen MR) is 138 cm³/mol. The van der Waals surface area contributed by atoms with Crippen molar-refractivity contribution in [2.45, 2.75) is 67.6 Å². The first-order valence-electron chi connectivity index (χ1n) is 10.3. The first kappa shape index (κ1) is 37.0. The number of carbonyl (C=O) groups excluding carboxylic acids is 3. The molecule has 12 nitrogen and oxygen atoms in total. The van der Waals surface area contributed by atoms with Crippen LogP contribution in [-0.2, 0) is 19.1 Å². The van der Waals surface area contributed by atoms with Crippen LogP contribution in [0.15, 0.2) is 18.3 Å². The van der Waals surface area contributed by atoms with Crippen LogP contribution in [0.5, 0.6) is 5.88 Å². The number of nitrogens with zero attached hydrogens (tertiary/aromatic N) is 3. The number of aromatic nitrogens is 1. The normalized spacial score (nSPS) is 10.1. The third-order valence-corrected chi connectivity index (χ3v) is 3.39. The topological polar surface area (TPSA) is 148 Å². The van der Waals surface area contributed by atoms with Gasteiger partial charge in [0.25, 0.3) is 0 Å². The van der Waals surface area contributed by atoms with Gasteiger partial charge < -0.3 is 34.4 Å². The minimum atomic E-state index is -1.06. The number of hydrogen-bond donors (Lipinski definition) is 2. The summed E-state index contributed by atoms with van der Waals surface area (Å²) in [6.07, 6.45) is 0.296. The van der Waals surface area contributed by atoms with Gasteiger partial charge in [-0.2, -0.15) is 0 Å². The first-order chi connectivity index (χ1) is 15.4. The maximum atomic E-state index is 11.8. The Labute approximate surface area is 214 Å². The molecule has 0 saturated heterocycles. The Hall–Kier alpha value is -3.57. The van der Waals surface area contributed by atoms with Crippen LogP contribution in [-0.4, -0.2) is 89.5 Å². The van der Waals surface area contributed by atoms with E-state index in [1.54, 1.807) is 53.7 Å². The molecule has 0 unspecified atom stereocenters. The number of hydrogen-bond acceptors (Lipinski definition) is 8. The summed E-state index contributed by atoms with van der Waals surface area (Å²) < 4.78 is 15.0. The molecule has 0 aliphatic carbocycles. The van der Waals surface area contributed by atoms with Crippen molar-refractivity contribution in [1.82, 2.24) is 14.8 Å². The third kappa shape index (κ3) is 17.8. The van der Waals surface area contributed by atoms with Crippen LogP contribution in [0.3, 0.4) is 0 Å². The van der Waals surface area contributed by atoms with Crippen molar-refractivity contribution in [1.29, 1.82) is 0 Å². The van der Waals surface area contributed by atoms with Crippen LogP contribution in [0.25, 0.3) is 0 Å². The van der Waals surface area contributed by atoms with Crippen molar-refractivity contribution in [3.63, 3.8) is 0 Å². The molecule has 3 amide bonds. The lowest BCUT2D eigenvalue weighted by molar-refractivity contribution is -0.138. The van der Waals surface area contributed by atoms with E-state index in [1.807, 2.05) is 0 Å². The Morgan fingerprint density at radius 1 is 0.889 bits per heavy atom. The zero-order valence-electron chi connectivity index (χ0n) is 21.3. The molecule has 1 aromatic rings.